The zero-order valence-electron chi connectivity index (χ0n) is 13.5. The van der Waals surface area contributed by atoms with Crippen molar-refractivity contribution < 1.29 is 9.90 Å². The molecule has 6 atom stereocenters. The molecule has 0 spiro atoms. The number of nitrogens with zero attached hydrogens (tertiary/aromatic N) is 1. The number of aromatic hydroxyl groups is 1. The molecule has 4 aliphatic rings. The van der Waals surface area contributed by atoms with Gasteiger partial charge in [0.2, 0.25) is 5.91 Å². The van der Waals surface area contributed by atoms with Crippen LogP contribution >= 0.6 is 0 Å². The molecule has 1 amide bonds. The van der Waals surface area contributed by atoms with Crippen LogP contribution in [0.5, 0.6) is 5.75 Å². The second-order valence-corrected chi connectivity index (χ2v) is 8.30. The summed E-state index contributed by atoms with van der Waals surface area (Å²) in [5.74, 6) is 2.05. The maximum absolute atomic E-state index is 12.9. The minimum absolute atomic E-state index is 0.171. The topological polar surface area (TPSA) is 66.6 Å². The molecule has 4 heteroatoms. The Morgan fingerprint density at radius 3 is 3.00 bits per heavy atom. The van der Waals surface area contributed by atoms with E-state index in [-0.39, 0.29) is 23.4 Å². The number of hydrogen-bond acceptors (Lipinski definition) is 3. The van der Waals surface area contributed by atoms with E-state index in [1.807, 2.05) is 17.0 Å². The fraction of sp³-hybridized carbons (Fsp3) is 0.632. The highest BCUT2D eigenvalue weighted by atomic mass is 16.3. The van der Waals surface area contributed by atoms with Crippen LogP contribution in [0.2, 0.25) is 0 Å². The van der Waals surface area contributed by atoms with Crippen molar-refractivity contribution in [2.24, 2.45) is 23.5 Å². The monoisotopic (exact) mass is 312 g/mol. The first-order chi connectivity index (χ1) is 11.0. The lowest BCUT2D eigenvalue weighted by atomic mass is 9.52. The summed E-state index contributed by atoms with van der Waals surface area (Å²) >= 11 is 0. The molecule has 3 N–H and O–H groups in total. The molecule has 0 radical (unpaired) electrons. The van der Waals surface area contributed by atoms with Gasteiger partial charge in [-0.25, -0.2) is 0 Å². The molecule has 1 saturated heterocycles. The molecule has 2 aliphatic carbocycles. The van der Waals surface area contributed by atoms with Crippen molar-refractivity contribution in [1.82, 2.24) is 0 Å². The van der Waals surface area contributed by atoms with Crippen molar-refractivity contribution in [2.45, 2.75) is 56.5 Å². The molecule has 1 aromatic rings. The van der Waals surface area contributed by atoms with Crippen LogP contribution in [0.4, 0.5) is 5.69 Å². The lowest BCUT2D eigenvalue weighted by Crippen LogP contribution is -2.66. The highest BCUT2D eigenvalue weighted by Gasteiger charge is 2.63. The first-order valence-electron chi connectivity index (χ1n) is 8.92. The van der Waals surface area contributed by atoms with Crippen LogP contribution in [0.25, 0.3) is 0 Å². The maximum atomic E-state index is 12.9. The van der Waals surface area contributed by atoms with Crippen molar-refractivity contribution >= 4 is 11.6 Å². The average Bonchev–Trinajstić information content (AvgIpc) is 2.78. The number of carbonyl (C=O) groups excluding carboxylic acids is 1. The second kappa shape index (κ2) is 4.29. The fourth-order valence-electron chi connectivity index (χ4n) is 6.55. The third-order valence-electron chi connectivity index (χ3n) is 7.21. The summed E-state index contributed by atoms with van der Waals surface area (Å²) in [5, 5.41) is 10.6. The molecular formula is C19H24N2O2. The molecule has 3 fully saturated rings. The van der Waals surface area contributed by atoms with E-state index in [1.54, 1.807) is 6.07 Å². The van der Waals surface area contributed by atoms with Crippen LogP contribution in [0.3, 0.4) is 0 Å². The Kier molecular flexibility index (Phi) is 2.59. The maximum Gasteiger partial charge on any atom is 0.227 e. The standard InChI is InChI=1S/C19H24N2O2/c1-19-9-12(20)11-5-2-4-10-8-15(23)21(18(19)16(10)11)13-6-3-7-14(22)17(13)19/h3,6-7,10-12,16,18,22H,2,4-5,8-9,20H2,1H3. The van der Waals surface area contributed by atoms with Gasteiger partial charge in [-0.1, -0.05) is 19.4 Å². The summed E-state index contributed by atoms with van der Waals surface area (Å²) in [5.41, 5.74) is 8.29. The van der Waals surface area contributed by atoms with Gasteiger partial charge >= 0.3 is 0 Å². The summed E-state index contributed by atoms with van der Waals surface area (Å²) in [6, 6.07) is 5.96. The molecular weight excluding hydrogens is 288 g/mol. The minimum Gasteiger partial charge on any atom is -0.508 e. The SMILES string of the molecule is CC12CC(N)C3CCCC4CC(=O)N(c5cccc(O)c51)C2C43. The number of phenolic OH excluding ortho intramolecular Hbond substituents is 1. The van der Waals surface area contributed by atoms with E-state index in [1.165, 1.54) is 12.8 Å². The highest BCUT2D eigenvalue weighted by Crippen LogP contribution is 2.62. The number of nitrogens with two attached hydrogens (primary N) is 1. The van der Waals surface area contributed by atoms with Gasteiger partial charge in [-0.2, -0.15) is 0 Å². The number of amides is 1. The number of piperidine rings is 1. The predicted molar refractivity (Wildman–Crippen MR) is 88.3 cm³/mol. The number of carbonyl (C=O) groups is 1. The number of rotatable bonds is 0. The number of fused-ring (bicyclic) bond motifs is 3. The van der Waals surface area contributed by atoms with E-state index in [0.717, 1.165) is 24.1 Å². The first kappa shape index (κ1) is 13.8. The van der Waals surface area contributed by atoms with E-state index < -0.39 is 0 Å². The van der Waals surface area contributed by atoms with Crippen LogP contribution in [-0.4, -0.2) is 23.1 Å². The van der Waals surface area contributed by atoms with Gasteiger partial charge in [0.25, 0.3) is 0 Å². The number of benzene rings is 1. The average molecular weight is 312 g/mol. The van der Waals surface area contributed by atoms with Crippen LogP contribution < -0.4 is 10.6 Å². The fourth-order valence-corrected chi connectivity index (χ4v) is 6.55. The molecule has 6 unspecified atom stereocenters. The van der Waals surface area contributed by atoms with E-state index >= 15 is 0 Å². The Morgan fingerprint density at radius 2 is 2.17 bits per heavy atom. The molecule has 2 saturated carbocycles. The van der Waals surface area contributed by atoms with E-state index in [0.29, 0.717) is 29.9 Å². The van der Waals surface area contributed by atoms with Gasteiger partial charge < -0.3 is 15.7 Å². The smallest absolute Gasteiger partial charge is 0.227 e. The largest absolute Gasteiger partial charge is 0.508 e. The molecule has 0 bridgehead atoms. The highest BCUT2D eigenvalue weighted by molar-refractivity contribution is 5.99. The lowest BCUT2D eigenvalue weighted by Gasteiger charge is -2.58. The number of anilines is 1. The molecule has 4 nitrogen and oxygen atoms in total. The van der Waals surface area contributed by atoms with E-state index in [2.05, 4.69) is 6.92 Å². The van der Waals surface area contributed by atoms with E-state index in [4.69, 9.17) is 5.73 Å². The van der Waals surface area contributed by atoms with Crippen molar-refractivity contribution in [1.29, 1.82) is 0 Å². The molecule has 5 rings (SSSR count). The quantitative estimate of drug-likeness (QED) is 0.773. The molecule has 122 valence electrons. The van der Waals surface area contributed by atoms with Crippen molar-refractivity contribution in [3.05, 3.63) is 23.8 Å². The second-order valence-electron chi connectivity index (χ2n) is 8.30. The lowest BCUT2D eigenvalue weighted by molar-refractivity contribution is -0.127. The molecule has 2 heterocycles. The van der Waals surface area contributed by atoms with Crippen LogP contribution in [0, 0.1) is 17.8 Å². The van der Waals surface area contributed by atoms with Crippen molar-refractivity contribution in [3.63, 3.8) is 0 Å². The van der Waals surface area contributed by atoms with Gasteiger partial charge in [-0.3, -0.25) is 4.79 Å². The summed E-state index contributed by atoms with van der Waals surface area (Å²) in [6.07, 6.45) is 5.06. The van der Waals surface area contributed by atoms with Gasteiger partial charge in [0.15, 0.2) is 0 Å². The zero-order valence-corrected chi connectivity index (χ0v) is 13.5. The molecule has 23 heavy (non-hydrogen) atoms. The Hall–Kier alpha value is -1.55. The Morgan fingerprint density at radius 1 is 1.35 bits per heavy atom. The van der Waals surface area contributed by atoms with Crippen LogP contribution in [-0.2, 0) is 10.2 Å². The van der Waals surface area contributed by atoms with Gasteiger partial charge in [0, 0.05) is 29.5 Å². The van der Waals surface area contributed by atoms with Crippen LogP contribution in [0.1, 0.15) is 44.6 Å². The third-order valence-corrected chi connectivity index (χ3v) is 7.21. The van der Waals surface area contributed by atoms with Gasteiger partial charge in [-0.15, -0.1) is 0 Å². The summed E-state index contributed by atoms with van der Waals surface area (Å²) in [6.45, 7) is 2.22. The number of phenols is 1. The number of hydrogen-bond donors (Lipinski definition) is 2. The van der Waals surface area contributed by atoms with Gasteiger partial charge in [0.05, 0.1) is 5.69 Å². The Balaban J connectivity index is 1.76. The summed E-state index contributed by atoms with van der Waals surface area (Å²) < 4.78 is 0. The molecule has 1 aromatic carbocycles. The Bertz CT molecular complexity index is 703. The molecule has 2 aliphatic heterocycles. The summed E-state index contributed by atoms with van der Waals surface area (Å²) in [4.78, 5) is 14.9. The third kappa shape index (κ3) is 1.53. The van der Waals surface area contributed by atoms with Crippen molar-refractivity contribution in [2.75, 3.05) is 4.90 Å². The Labute approximate surface area is 136 Å². The van der Waals surface area contributed by atoms with Crippen LogP contribution in [0.15, 0.2) is 18.2 Å². The van der Waals surface area contributed by atoms with Crippen molar-refractivity contribution in [3.8, 4) is 5.75 Å². The van der Waals surface area contributed by atoms with Gasteiger partial charge in [0.1, 0.15) is 5.75 Å². The normalized spacial score (nSPS) is 44.0. The summed E-state index contributed by atoms with van der Waals surface area (Å²) in [7, 11) is 0. The zero-order chi connectivity index (χ0) is 15.9. The van der Waals surface area contributed by atoms with E-state index in [9.17, 15) is 9.90 Å². The molecule has 0 aromatic heterocycles. The van der Waals surface area contributed by atoms with Gasteiger partial charge in [-0.05, 0) is 49.1 Å². The first-order valence-corrected chi connectivity index (χ1v) is 8.92. The minimum atomic E-state index is -0.215. The predicted octanol–water partition coefficient (Wildman–Crippen LogP) is 2.53.